The topological polar surface area (TPSA) is 59.4 Å². The fourth-order valence-electron chi connectivity index (χ4n) is 4.07. The van der Waals surface area contributed by atoms with Gasteiger partial charge in [0.25, 0.3) is 0 Å². The number of fused-ring (bicyclic) bond motifs is 1. The number of phenolic OH excluding ortho intramolecular Hbond substituents is 1. The minimum atomic E-state index is -0.503. The van der Waals surface area contributed by atoms with E-state index in [4.69, 9.17) is 4.74 Å². The Hall–Kier alpha value is -1.93. The molecule has 2 heterocycles. The van der Waals surface area contributed by atoms with Gasteiger partial charge in [0.2, 0.25) is 0 Å². The smallest absolute Gasteiger partial charge is 0.125 e. The van der Waals surface area contributed by atoms with E-state index < -0.39 is 6.10 Å². The fourth-order valence-corrected chi connectivity index (χ4v) is 5.26. The summed E-state index contributed by atoms with van der Waals surface area (Å²) in [7, 11) is 1.65. The van der Waals surface area contributed by atoms with Gasteiger partial charge in [0.15, 0.2) is 0 Å². The van der Waals surface area contributed by atoms with Gasteiger partial charge in [-0.25, -0.2) is 4.31 Å². The molecule has 0 bridgehead atoms. The number of hydrogen-bond acceptors (Lipinski definition) is 7. The number of rotatable bonds is 6. The van der Waals surface area contributed by atoms with Crippen molar-refractivity contribution in [3.8, 4) is 11.5 Å². The Kier molecular flexibility index (Phi) is 6.50. The fraction of sp³-hybridized carbons (Fsp3) is 0.455. The van der Waals surface area contributed by atoms with E-state index in [2.05, 4.69) is 20.2 Å². The van der Waals surface area contributed by atoms with Crippen molar-refractivity contribution in [2.45, 2.75) is 17.4 Å². The molecule has 0 aliphatic carbocycles. The van der Waals surface area contributed by atoms with Gasteiger partial charge in [0.1, 0.15) is 11.5 Å². The number of hydrogen-bond donors (Lipinski definition) is 2. The summed E-state index contributed by atoms with van der Waals surface area (Å²) >= 11 is 1.72. The lowest BCUT2D eigenvalue weighted by Gasteiger charge is -2.37. The standard InChI is InChI=1S/C22H29N3O3S/c1-28-20-4-2-5-21-22(20)19(27)16-25(29-21)11-3-10-23-12-14-24(15-13-23)17-6-8-18(26)9-7-17/h2,4-9,19,26-27H,3,10-16H2,1H3. The van der Waals surface area contributed by atoms with E-state index in [1.54, 1.807) is 31.2 Å². The number of methoxy groups -OCH3 is 1. The number of aliphatic hydroxyl groups is 1. The van der Waals surface area contributed by atoms with Crippen LogP contribution in [-0.4, -0.2) is 72.3 Å². The summed E-state index contributed by atoms with van der Waals surface area (Å²) in [5.74, 6) is 1.09. The SMILES string of the molecule is COc1cccc2c1C(O)CN(CCCN1CCN(c3ccc(O)cc3)CC1)S2. The van der Waals surface area contributed by atoms with Crippen LogP contribution in [0.3, 0.4) is 0 Å². The zero-order chi connectivity index (χ0) is 20.2. The van der Waals surface area contributed by atoms with Gasteiger partial charge in [0.05, 0.1) is 13.2 Å². The predicted molar refractivity (Wildman–Crippen MR) is 117 cm³/mol. The zero-order valence-electron chi connectivity index (χ0n) is 16.8. The molecular weight excluding hydrogens is 386 g/mol. The van der Waals surface area contributed by atoms with E-state index in [-0.39, 0.29) is 0 Å². The largest absolute Gasteiger partial charge is 0.508 e. The van der Waals surface area contributed by atoms with Crippen molar-refractivity contribution < 1.29 is 14.9 Å². The molecule has 1 fully saturated rings. The highest BCUT2D eigenvalue weighted by Crippen LogP contribution is 2.41. The van der Waals surface area contributed by atoms with Crippen LogP contribution in [0.5, 0.6) is 11.5 Å². The van der Waals surface area contributed by atoms with E-state index in [0.717, 1.165) is 61.9 Å². The molecule has 0 radical (unpaired) electrons. The average Bonchev–Trinajstić information content (AvgIpc) is 2.74. The molecule has 0 saturated carbocycles. The second-order valence-electron chi connectivity index (χ2n) is 7.57. The number of anilines is 1. The zero-order valence-corrected chi connectivity index (χ0v) is 17.6. The second-order valence-corrected chi connectivity index (χ2v) is 8.70. The Bertz CT molecular complexity index is 809. The number of benzene rings is 2. The van der Waals surface area contributed by atoms with Crippen molar-refractivity contribution in [3.63, 3.8) is 0 Å². The van der Waals surface area contributed by atoms with Crippen LogP contribution in [0.2, 0.25) is 0 Å². The van der Waals surface area contributed by atoms with Gasteiger partial charge >= 0.3 is 0 Å². The van der Waals surface area contributed by atoms with Crippen molar-refractivity contribution in [1.29, 1.82) is 0 Å². The molecule has 4 rings (SSSR count). The molecular formula is C22H29N3O3S. The van der Waals surface area contributed by atoms with E-state index in [9.17, 15) is 10.2 Å². The Morgan fingerprint density at radius 2 is 1.79 bits per heavy atom. The normalized spacial score (nSPS) is 20.5. The monoisotopic (exact) mass is 415 g/mol. The molecule has 29 heavy (non-hydrogen) atoms. The lowest BCUT2D eigenvalue weighted by Crippen LogP contribution is -2.47. The molecule has 2 aliphatic rings. The number of β-amino-alcohol motifs (C(OH)–C–C–N with tert-alkyl or cyclic N) is 1. The highest BCUT2D eigenvalue weighted by atomic mass is 32.2. The lowest BCUT2D eigenvalue weighted by molar-refractivity contribution is 0.138. The van der Waals surface area contributed by atoms with Gasteiger partial charge in [-0.15, -0.1) is 0 Å². The Balaban J connectivity index is 1.23. The number of ether oxygens (including phenoxy) is 1. The number of aromatic hydroxyl groups is 1. The van der Waals surface area contributed by atoms with Crippen molar-refractivity contribution in [2.75, 3.05) is 57.8 Å². The first-order valence-corrected chi connectivity index (χ1v) is 11.0. The quantitative estimate of drug-likeness (QED) is 0.704. The van der Waals surface area contributed by atoms with Crippen LogP contribution in [0.15, 0.2) is 47.4 Å². The highest BCUT2D eigenvalue weighted by Gasteiger charge is 2.27. The van der Waals surface area contributed by atoms with Gasteiger partial charge in [-0.1, -0.05) is 6.07 Å². The van der Waals surface area contributed by atoms with Crippen LogP contribution in [0.1, 0.15) is 18.1 Å². The van der Waals surface area contributed by atoms with E-state index >= 15 is 0 Å². The van der Waals surface area contributed by atoms with Gasteiger partial charge in [0, 0.05) is 55.4 Å². The maximum Gasteiger partial charge on any atom is 0.125 e. The number of aliphatic hydroxyl groups excluding tert-OH is 1. The number of nitrogens with zero attached hydrogens (tertiary/aromatic N) is 3. The Morgan fingerprint density at radius 3 is 2.52 bits per heavy atom. The van der Waals surface area contributed by atoms with Gasteiger partial charge in [-0.05, 0) is 61.3 Å². The van der Waals surface area contributed by atoms with Crippen molar-refractivity contribution in [2.24, 2.45) is 0 Å². The van der Waals surface area contributed by atoms with Crippen LogP contribution in [0.4, 0.5) is 5.69 Å². The third-order valence-corrected chi connectivity index (χ3v) is 6.79. The Labute approximate surface area is 176 Å². The maximum absolute atomic E-state index is 10.6. The molecule has 7 heteroatoms. The molecule has 0 spiro atoms. The van der Waals surface area contributed by atoms with Gasteiger partial charge < -0.3 is 19.8 Å². The first-order valence-electron chi connectivity index (χ1n) is 10.2. The number of phenols is 1. The van der Waals surface area contributed by atoms with Crippen molar-refractivity contribution in [1.82, 2.24) is 9.21 Å². The van der Waals surface area contributed by atoms with Gasteiger partial charge in [-0.3, -0.25) is 4.90 Å². The minimum absolute atomic E-state index is 0.314. The van der Waals surface area contributed by atoms with Gasteiger partial charge in [-0.2, -0.15) is 0 Å². The highest BCUT2D eigenvalue weighted by molar-refractivity contribution is 7.97. The molecule has 156 valence electrons. The molecule has 1 saturated heterocycles. The first-order chi connectivity index (χ1) is 14.1. The van der Waals surface area contributed by atoms with Crippen molar-refractivity contribution in [3.05, 3.63) is 48.0 Å². The van der Waals surface area contributed by atoms with Crippen LogP contribution in [-0.2, 0) is 0 Å². The summed E-state index contributed by atoms with van der Waals surface area (Å²) < 4.78 is 7.67. The molecule has 1 atom stereocenters. The third kappa shape index (κ3) is 4.80. The van der Waals surface area contributed by atoms with Crippen LogP contribution in [0, 0.1) is 0 Å². The molecule has 0 amide bonds. The summed E-state index contributed by atoms with van der Waals surface area (Å²) in [4.78, 5) is 5.97. The lowest BCUT2D eigenvalue weighted by atomic mass is 10.1. The van der Waals surface area contributed by atoms with Crippen LogP contribution < -0.4 is 9.64 Å². The average molecular weight is 416 g/mol. The van der Waals surface area contributed by atoms with Crippen molar-refractivity contribution >= 4 is 17.6 Å². The minimum Gasteiger partial charge on any atom is -0.508 e. The second kappa shape index (κ2) is 9.26. The van der Waals surface area contributed by atoms with Crippen LogP contribution >= 0.6 is 11.9 Å². The summed E-state index contributed by atoms with van der Waals surface area (Å²) in [6.07, 6.45) is 0.578. The first kappa shape index (κ1) is 20.3. The summed E-state index contributed by atoms with van der Waals surface area (Å²) in [6, 6.07) is 13.4. The van der Waals surface area contributed by atoms with E-state index in [1.807, 2.05) is 24.3 Å². The molecule has 6 nitrogen and oxygen atoms in total. The molecule has 1 unspecified atom stereocenters. The molecule has 2 N–H and O–H groups in total. The summed E-state index contributed by atoms with van der Waals surface area (Å²) in [5.41, 5.74) is 2.09. The number of piperazine rings is 1. The molecule has 0 aromatic heterocycles. The van der Waals surface area contributed by atoms with E-state index in [0.29, 0.717) is 12.3 Å². The maximum atomic E-state index is 10.6. The van der Waals surface area contributed by atoms with E-state index in [1.165, 1.54) is 5.69 Å². The summed E-state index contributed by atoms with van der Waals surface area (Å²) in [5, 5.41) is 20.0. The summed E-state index contributed by atoms with van der Waals surface area (Å²) in [6.45, 7) is 6.78. The molecule has 2 aromatic rings. The molecule has 2 aromatic carbocycles. The Morgan fingerprint density at radius 1 is 1.03 bits per heavy atom. The predicted octanol–water partition coefficient (Wildman–Crippen LogP) is 2.97. The third-order valence-electron chi connectivity index (χ3n) is 5.65. The van der Waals surface area contributed by atoms with Crippen LogP contribution in [0.25, 0.3) is 0 Å². The molecule has 2 aliphatic heterocycles.